The summed E-state index contributed by atoms with van der Waals surface area (Å²) in [6.07, 6.45) is 4.11. The second-order valence-corrected chi connectivity index (χ2v) is 6.92. The van der Waals surface area contributed by atoms with Gasteiger partial charge in [0.2, 0.25) is 0 Å². The van der Waals surface area contributed by atoms with Gasteiger partial charge in [0.05, 0.1) is 0 Å². The molecule has 0 bridgehead atoms. The molecular weight excluding hydrogens is 376 g/mol. The molecule has 0 amide bonds. The SMILES string of the molecule is C[CH]CCC(Br)Oc1cccc2c(OCc3ccccc3)cccc12. The van der Waals surface area contributed by atoms with E-state index in [9.17, 15) is 0 Å². The van der Waals surface area contributed by atoms with Gasteiger partial charge in [0.1, 0.15) is 18.1 Å². The highest BCUT2D eigenvalue weighted by Gasteiger charge is 2.11. The first kappa shape index (κ1) is 17.8. The molecule has 0 heterocycles. The summed E-state index contributed by atoms with van der Waals surface area (Å²) in [4.78, 5) is 0. The highest BCUT2D eigenvalue weighted by molar-refractivity contribution is 9.09. The molecule has 3 aromatic carbocycles. The van der Waals surface area contributed by atoms with Gasteiger partial charge in [-0.05, 0) is 52.9 Å². The van der Waals surface area contributed by atoms with Gasteiger partial charge >= 0.3 is 0 Å². The molecule has 0 aliphatic heterocycles. The Balaban J connectivity index is 1.80. The van der Waals surface area contributed by atoms with Gasteiger partial charge in [0.25, 0.3) is 0 Å². The third-order valence-corrected chi connectivity index (χ3v) is 4.66. The van der Waals surface area contributed by atoms with E-state index in [4.69, 9.17) is 9.47 Å². The van der Waals surface area contributed by atoms with Crippen LogP contribution in [-0.2, 0) is 6.61 Å². The van der Waals surface area contributed by atoms with Crippen LogP contribution in [0.1, 0.15) is 25.3 Å². The number of ether oxygens (including phenoxy) is 2. The fourth-order valence-corrected chi connectivity index (χ4v) is 3.18. The molecule has 0 N–H and O–H groups in total. The summed E-state index contributed by atoms with van der Waals surface area (Å²) < 4.78 is 12.1. The number of alkyl halides is 1. The molecule has 0 aliphatic carbocycles. The lowest BCUT2D eigenvalue weighted by Crippen LogP contribution is -2.08. The molecule has 0 aromatic heterocycles. The van der Waals surface area contributed by atoms with Crippen molar-refractivity contribution in [1.29, 1.82) is 0 Å². The minimum atomic E-state index is 0.00296. The van der Waals surface area contributed by atoms with Crippen LogP contribution in [-0.4, -0.2) is 5.01 Å². The van der Waals surface area contributed by atoms with E-state index >= 15 is 0 Å². The van der Waals surface area contributed by atoms with Gasteiger partial charge < -0.3 is 9.47 Å². The monoisotopic (exact) mass is 397 g/mol. The average molecular weight is 398 g/mol. The van der Waals surface area contributed by atoms with Crippen LogP contribution in [0.25, 0.3) is 10.8 Å². The second-order valence-electron chi connectivity index (χ2n) is 5.90. The second kappa shape index (κ2) is 8.91. The van der Waals surface area contributed by atoms with Crippen molar-refractivity contribution >= 4 is 26.7 Å². The zero-order valence-corrected chi connectivity index (χ0v) is 15.9. The molecule has 3 rings (SSSR count). The van der Waals surface area contributed by atoms with Crippen LogP contribution in [0.4, 0.5) is 0 Å². The largest absolute Gasteiger partial charge is 0.488 e. The van der Waals surface area contributed by atoms with Gasteiger partial charge in [-0.15, -0.1) is 0 Å². The smallest absolute Gasteiger partial charge is 0.153 e. The zero-order chi connectivity index (χ0) is 17.5. The summed E-state index contributed by atoms with van der Waals surface area (Å²) in [5.74, 6) is 1.75. The highest BCUT2D eigenvalue weighted by Crippen LogP contribution is 2.34. The normalized spacial score (nSPS) is 12.1. The van der Waals surface area contributed by atoms with Crippen molar-refractivity contribution in [2.24, 2.45) is 0 Å². The third-order valence-electron chi connectivity index (χ3n) is 4.02. The van der Waals surface area contributed by atoms with E-state index in [0.29, 0.717) is 6.61 Å². The van der Waals surface area contributed by atoms with E-state index in [0.717, 1.165) is 40.7 Å². The molecule has 3 aromatic rings. The predicted octanol–water partition coefficient (Wildman–Crippen LogP) is 6.52. The number of hydrogen-bond donors (Lipinski definition) is 0. The summed E-state index contributed by atoms with van der Waals surface area (Å²) in [7, 11) is 0. The van der Waals surface area contributed by atoms with Crippen molar-refractivity contribution in [2.75, 3.05) is 0 Å². The number of fused-ring (bicyclic) bond motifs is 1. The number of rotatable bonds is 8. The predicted molar refractivity (Wildman–Crippen MR) is 107 cm³/mol. The molecule has 0 saturated heterocycles. The van der Waals surface area contributed by atoms with Crippen molar-refractivity contribution in [2.45, 2.75) is 31.4 Å². The number of unbranched alkanes of at least 4 members (excludes halogenated alkanes) is 1. The molecule has 1 atom stereocenters. The first-order valence-corrected chi connectivity index (χ1v) is 9.46. The fraction of sp³-hybridized carbons (Fsp3) is 0.227. The zero-order valence-electron chi connectivity index (χ0n) is 14.3. The summed E-state index contributed by atoms with van der Waals surface area (Å²) in [5.41, 5.74) is 1.16. The van der Waals surface area contributed by atoms with Gasteiger partial charge in [0, 0.05) is 10.8 Å². The quantitative estimate of drug-likeness (QED) is 0.402. The van der Waals surface area contributed by atoms with E-state index in [1.165, 1.54) is 0 Å². The van der Waals surface area contributed by atoms with E-state index in [1.807, 2.05) is 42.5 Å². The molecular formula is C22H22BrO2. The molecule has 25 heavy (non-hydrogen) atoms. The minimum absolute atomic E-state index is 0.00296. The molecule has 1 radical (unpaired) electrons. The summed E-state index contributed by atoms with van der Waals surface area (Å²) in [6.45, 7) is 2.62. The van der Waals surface area contributed by atoms with Gasteiger partial charge in [0.15, 0.2) is 5.01 Å². The van der Waals surface area contributed by atoms with Crippen molar-refractivity contribution in [3.8, 4) is 11.5 Å². The molecule has 129 valence electrons. The number of halogens is 1. The lowest BCUT2D eigenvalue weighted by atomic mass is 10.1. The number of benzene rings is 3. The summed E-state index contributed by atoms with van der Waals surface area (Å²) in [6, 6.07) is 22.4. The van der Waals surface area contributed by atoms with Crippen LogP contribution in [0.15, 0.2) is 66.7 Å². The number of hydrogen-bond acceptors (Lipinski definition) is 2. The topological polar surface area (TPSA) is 18.5 Å². The molecule has 1 unspecified atom stereocenters. The van der Waals surface area contributed by atoms with Crippen LogP contribution in [0.2, 0.25) is 0 Å². The highest BCUT2D eigenvalue weighted by atomic mass is 79.9. The Morgan fingerprint density at radius 1 is 0.880 bits per heavy atom. The lowest BCUT2D eigenvalue weighted by molar-refractivity contribution is 0.286. The van der Waals surface area contributed by atoms with Gasteiger partial charge in [-0.3, -0.25) is 0 Å². The first-order valence-electron chi connectivity index (χ1n) is 8.55. The Morgan fingerprint density at radius 2 is 1.56 bits per heavy atom. The fourth-order valence-electron chi connectivity index (χ4n) is 2.71. The average Bonchev–Trinajstić information content (AvgIpc) is 2.66. The molecule has 0 fully saturated rings. The van der Waals surface area contributed by atoms with Crippen LogP contribution in [0.3, 0.4) is 0 Å². The standard InChI is InChI=1S/C22H22BrO2/c1-2-3-15-22(23)25-21-14-8-11-18-19(21)12-7-13-20(18)24-16-17-9-5-4-6-10-17/h2,4-14,22H,3,15-16H2,1H3. The molecule has 0 saturated carbocycles. The van der Waals surface area contributed by atoms with Crippen LogP contribution >= 0.6 is 15.9 Å². The Bertz CT molecular complexity index is 801. The van der Waals surface area contributed by atoms with Crippen molar-refractivity contribution in [1.82, 2.24) is 0 Å². The van der Waals surface area contributed by atoms with Crippen LogP contribution in [0.5, 0.6) is 11.5 Å². The summed E-state index contributed by atoms with van der Waals surface area (Å²) in [5, 5.41) is 2.14. The van der Waals surface area contributed by atoms with Crippen molar-refractivity contribution < 1.29 is 9.47 Å². The molecule has 0 aliphatic rings. The Hall–Kier alpha value is -2.00. The maximum absolute atomic E-state index is 6.09. The third kappa shape index (κ3) is 4.76. The maximum Gasteiger partial charge on any atom is 0.153 e. The van der Waals surface area contributed by atoms with Gasteiger partial charge in [-0.1, -0.05) is 61.5 Å². The van der Waals surface area contributed by atoms with Gasteiger partial charge in [-0.2, -0.15) is 0 Å². The maximum atomic E-state index is 6.09. The Kier molecular flexibility index (Phi) is 6.35. The summed E-state index contributed by atoms with van der Waals surface area (Å²) >= 11 is 3.61. The van der Waals surface area contributed by atoms with E-state index in [-0.39, 0.29) is 5.01 Å². The van der Waals surface area contributed by atoms with E-state index in [1.54, 1.807) is 0 Å². The van der Waals surface area contributed by atoms with E-state index in [2.05, 4.69) is 53.5 Å². The van der Waals surface area contributed by atoms with Crippen molar-refractivity contribution in [3.05, 3.63) is 78.7 Å². The minimum Gasteiger partial charge on any atom is -0.488 e. The Labute approximate surface area is 157 Å². The van der Waals surface area contributed by atoms with Gasteiger partial charge in [-0.25, -0.2) is 0 Å². The van der Waals surface area contributed by atoms with Crippen LogP contribution < -0.4 is 9.47 Å². The van der Waals surface area contributed by atoms with E-state index < -0.39 is 0 Å². The first-order chi connectivity index (χ1) is 12.3. The van der Waals surface area contributed by atoms with Crippen molar-refractivity contribution in [3.63, 3.8) is 0 Å². The molecule has 2 nitrogen and oxygen atoms in total. The molecule has 0 spiro atoms. The lowest BCUT2D eigenvalue weighted by Gasteiger charge is -2.16. The molecule has 3 heteroatoms. The van der Waals surface area contributed by atoms with Crippen LogP contribution in [0, 0.1) is 6.42 Å². The Morgan fingerprint density at radius 3 is 2.28 bits per heavy atom.